The number of β-amino-alcohol motifs (C(OH)–C–C–N with tert-alkyl or cyclic N) is 1. The van der Waals surface area contributed by atoms with Crippen LogP contribution in [0.15, 0.2) is 12.1 Å². The molecule has 1 aromatic carbocycles. The van der Waals surface area contributed by atoms with Crippen LogP contribution >= 0.6 is 0 Å². The van der Waals surface area contributed by atoms with Gasteiger partial charge in [-0.3, -0.25) is 9.59 Å². The second-order valence-corrected chi connectivity index (χ2v) is 7.72. The molecule has 2 aliphatic heterocycles. The summed E-state index contributed by atoms with van der Waals surface area (Å²) in [6, 6.07) is 3.35. The van der Waals surface area contributed by atoms with Crippen molar-refractivity contribution in [1.29, 1.82) is 0 Å². The zero-order valence-corrected chi connectivity index (χ0v) is 17.4. The van der Waals surface area contributed by atoms with E-state index in [1.807, 2.05) is 0 Å². The summed E-state index contributed by atoms with van der Waals surface area (Å²) in [5, 5.41) is 13.4. The van der Waals surface area contributed by atoms with Gasteiger partial charge < -0.3 is 35.3 Å². The van der Waals surface area contributed by atoms with Crippen LogP contribution in [0.5, 0.6) is 17.2 Å². The number of methoxy groups -OCH3 is 1. The maximum absolute atomic E-state index is 12.7. The van der Waals surface area contributed by atoms with Crippen molar-refractivity contribution >= 4 is 11.8 Å². The highest BCUT2D eigenvalue weighted by atomic mass is 16.6. The van der Waals surface area contributed by atoms with Crippen molar-refractivity contribution in [2.45, 2.75) is 31.8 Å². The summed E-state index contributed by atoms with van der Waals surface area (Å²) < 4.78 is 16.5. The molecule has 1 aromatic rings. The minimum Gasteiger partial charge on any atom is -0.493 e. The Hall–Kier alpha value is -2.52. The van der Waals surface area contributed by atoms with Gasteiger partial charge in [0.1, 0.15) is 13.2 Å². The number of fused-ring (bicyclic) bond motifs is 1. The van der Waals surface area contributed by atoms with Gasteiger partial charge in [0.25, 0.3) is 5.91 Å². The summed E-state index contributed by atoms with van der Waals surface area (Å²) in [6.07, 6.45) is 2.31. The van der Waals surface area contributed by atoms with Crippen LogP contribution < -0.4 is 25.3 Å². The molecule has 4 N–H and O–H groups in total. The molecule has 2 amide bonds. The molecule has 1 saturated heterocycles. The number of ether oxygens (including phenoxy) is 3. The number of aliphatic hydroxyl groups excluding tert-OH is 1. The Bertz CT molecular complexity index is 757. The van der Waals surface area contributed by atoms with Gasteiger partial charge in [0.2, 0.25) is 11.7 Å². The number of hydrogen-bond donors (Lipinski definition) is 3. The van der Waals surface area contributed by atoms with Crippen LogP contribution in [0.1, 0.15) is 36.0 Å². The SMILES string of the molecule is COc1ccc(C(=O)NC[C@@H]2CCN(CCCCC(N)=O)C[C@H]2O)c2c1OCCO2. The van der Waals surface area contributed by atoms with E-state index in [2.05, 4.69) is 10.2 Å². The Morgan fingerprint density at radius 2 is 2.03 bits per heavy atom. The topological polar surface area (TPSA) is 123 Å². The first-order valence-corrected chi connectivity index (χ1v) is 10.4. The highest BCUT2D eigenvalue weighted by Gasteiger charge is 2.29. The fourth-order valence-electron chi connectivity index (χ4n) is 3.89. The number of nitrogens with two attached hydrogens (primary N) is 1. The molecule has 0 unspecified atom stereocenters. The first-order chi connectivity index (χ1) is 14.5. The Labute approximate surface area is 176 Å². The summed E-state index contributed by atoms with van der Waals surface area (Å²) in [6.45, 7) is 3.41. The van der Waals surface area contributed by atoms with E-state index in [0.29, 0.717) is 55.5 Å². The highest BCUT2D eigenvalue weighted by molar-refractivity contribution is 5.98. The summed E-state index contributed by atoms with van der Waals surface area (Å²) in [7, 11) is 1.54. The van der Waals surface area contributed by atoms with E-state index < -0.39 is 6.10 Å². The molecular weight excluding hydrogens is 390 g/mol. The molecule has 0 spiro atoms. The van der Waals surface area contributed by atoms with Gasteiger partial charge in [0, 0.05) is 25.4 Å². The van der Waals surface area contributed by atoms with Gasteiger partial charge >= 0.3 is 0 Å². The number of primary amides is 1. The number of amides is 2. The molecule has 2 atom stereocenters. The van der Waals surface area contributed by atoms with E-state index in [9.17, 15) is 14.7 Å². The average molecular weight is 421 g/mol. The number of nitrogens with zero attached hydrogens (tertiary/aromatic N) is 1. The largest absolute Gasteiger partial charge is 0.493 e. The number of piperidine rings is 1. The first kappa shape index (κ1) is 22.2. The Morgan fingerprint density at radius 3 is 2.73 bits per heavy atom. The standard InChI is InChI=1S/C21H31N3O6/c1-28-17-6-5-15(19-20(17)30-11-10-29-19)21(27)23-12-14-7-9-24(13-16(14)25)8-3-2-4-18(22)26/h5-6,14,16,25H,2-4,7-13H2,1H3,(H2,22,26)(H,23,27)/t14-,16+/m0/s1. The lowest BCUT2D eigenvalue weighted by Crippen LogP contribution is -2.47. The number of carbonyl (C=O) groups excluding carboxylic acids is 2. The number of likely N-dealkylation sites (tertiary alicyclic amines) is 1. The molecule has 0 aliphatic carbocycles. The van der Waals surface area contributed by atoms with E-state index >= 15 is 0 Å². The minimum atomic E-state index is -0.514. The van der Waals surface area contributed by atoms with E-state index in [1.165, 1.54) is 0 Å². The van der Waals surface area contributed by atoms with Crippen molar-refractivity contribution < 1.29 is 28.9 Å². The van der Waals surface area contributed by atoms with Crippen molar-refractivity contribution in [1.82, 2.24) is 10.2 Å². The van der Waals surface area contributed by atoms with Crippen molar-refractivity contribution in [3.05, 3.63) is 17.7 Å². The van der Waals surface area contributed by atoms with Crippen molar-refractivity contribution in [3.8, 4) is 17.2 Å². The molecule has 2 heterocycles. The molecule has 166 valence electrons. The van der Waals surface area contributed by atoms with Crippen LogP contribution in [0, 0.1) is 5.92 Å². The highest BCUT2D eigenvalue weighted by Crippen LogP contribution is 2.41. The zero-order chi connectivity index (χ0) is 21.5. The Kier molecular flexibility index (Phi) is 7.75. The fraction of sp³-hybridized carbons (Fsp3) is 0.619. The molecule has 1 fully saturated rings. The van der Waals surface area contributed by atoms with Crippen LogP contribution in [-0.4, -0.2) is 74.4 Å². The lowest BCUT2D eigenvalue weighted by Gasteiger charge is -2.36. The van der Waals surface area contributed by atoms with Gasteiger partial charge in [-0.25, -0.2) is 0 Å². The third-order valence-corrected chi connectivity index (χ3v) is 5.59. The lowest BCUT2D eigenvalue weighted by atomic mass is 9.93. The molecule has 0 bridgehead atoms. The van der Waals surface area contributed by atoms with Crippen LogP contribution in [0.2, 0.25) is 0 Å². The van der Waals surface area contributed by atoms with Crippen LogP contribution in [0.25, 0.3) is 0 Å². The summed E-state index contributed by atoms with van der Waals surface area (Å²) >= 11 is 0. The number of carbonyl (C=O) groups is 2. The molecule has 0 saturated carbocycles. The predicted octanol–water partition coefficient (Wildman–Crippen LogP) is 0.535. The van der Waals surface area contributed by atoms with Gasteiger partial charge in [0.05, 0.1) is 18.8 Å². The molecular formula is C21H31N3O6. The molecule has 30 heavy (non-hydrogen) atoms. The van der Waals surface area contributed by atoms with Crippen molar-refractivity contribution in [2.24, 2.45) is 11.7 Å². The quantitative estimate of drug-likeness (QED) is 0.497. The molecule has 9 heteroatoms. The maximum atomic E-state index is 12.7. The Balaban J connectivity index is 1.49. The second-order valence-electron chi connectivity index (χ2n) is 7.72. The van der Waals surface area contributed by atoms with E-state index in [4.69, 9.17) is 19.9 Å². The maximum Gasteiger partial charge on any atom is 0.255 e. The van der Waals surface area contributed by atoms with Gasteiger partial charge in [-0.2, -0.15) is 0 Å². The smallest absolute Gasteiger partial charge is 0.255 e. The number of aliphatic hydroxyl groups is 1. The molecule has 2 aliphatic rings. The summed E-state index contributed by atoms with van der Waals surface area (Å²) in [5.41, 5.74) is 5.55. The number of rotatable bonds is 9. The van der Waals surface area contributed by atoms with Crippen LogP contribution in [0.4, 0.5) is 0 Å². The molecule has 0 aromatic heterocycles. The summed E-state index contributed by atoms with van der Waals surface area (Å²) in [4.78, 5) is 25.7. The molecule has 0 radical (unpaired) electrons. The van der Waals surface area contributed by atoms with Crippen molar-refractivity contribution in [3.63, 3.8) is 0 Å². The number of benzene rings is 1. The van der Waals surface area contributed by atoms with Gasteiger partial charge in [0.15, 0.2) is 11.5 Å². The monoisotopic (exact) mass is 421 g/mol. The predicted molar refractivity (Wildman–Crippen MR) is 110 cm³/mol. The van der Waals surface area contributed by atoms with Crippen LogP contribution in [0.3, 0.4) is 0 Å². The van der Waals surface area contributed by atoms with E-state index in [0.717, 1.165) is 32.4 Å². The minimum absolute atomic E-state index is 0.0120. The number of hydrogen-bond acceptors (Lipinski definition) is 7. The zero-order valence-electron chi connectivity index (χ0n) is 17.4. The van der Waals surface area contributed by atoms with Gasteiger partial charge in [-0.1, -0.05) is 0 Å². The Morgan fingerprint density at radius 1 is 1.27 bits per heavy atom. The second kappa shape index (κ2) is 10.5. The number of unbranched alkanes of at least 4 members (excludes halogenated alkanes) is 1. The first-order valence-electron chi connectivity index (χ1n) is 10.4. The molecule has 3 rings (SSSR count). The number of nitrogens with one attached hydrogen (secondary N) is 1. The average Bonchev–Trinajstić information content (AvgIpc) is 2.75. The third-order valence-electron chi connectivity index (χ3n) is 5.59. The van der Waals surface area contributed by atoms with Gasteiger partial charge in [-0.15, -0.1) is 0 Å². The fourth-order valence-corrected chi connectivity index (χ4v) is 3.89. The van der Waals surface area contributed by atoms with Crippen molar-refractivity contribution in [2.75, 3.05) is 46.5 Å². The van der Waals surface area contributed by atoms with Crippen LogP contribution in [-0.2, 0) is 4.79 Å². The van der Waals surface area contributed by atoms with E-state index in [1.54, 1.807) is 19.2 Å². The third kappa shape index (κ3) is 5.54. The molecule has 9 nitrogen and oxygen atoms in total. The normalized spacial score (nSPS) is 21.1. The lowest BCUT2D eigenvalue weighted by molar-refractivity contribution is -0.118. The van der Waals surface area contributed by atoms with E-state index in [-0.39, 0.29) is 17.7 Å². The summed E-state index contributed by atoms with van der Waals surface area (Å²) in [5.74, 6) is 0.812. The van der Waals surface area contributed by atoms with Gasteiger partial charge in [-0.05, 0) is 44.5 Å².